The van der Waals surface area contributed by atoms with Crippen LogP contribution >= 0.6 is 0 Å². The largest absolute Gasteiger partial charge is 0.504 e. The minimum absolute atomic E-state index is 0.166. The highest BCUT2D eigenvalue weighted by molar-refractivity contribution is 5.78. The summed E-state index contributed by atoms with van der Waals surface area (Å²) in [5.74, 6) is -0.624. The van der Waals surface area contributed by atoms with Crippen LogP contribution in [-0.4, -0.2) is 10.2 Å². The van der Waals surface area contributed by atoms with Gasteiger partial charge < -0.3 is 14.6 Å². The molecule has 0 aliphatic rings. The number of aromatic hydroxyl groups is 2. The third-order valence-corrected chi connectivity index (χ3v) is 1.58. The molecule has 0 bridgehead atoms. The lowest BCUT2D eigenvalue weighted by molar-refractivity contribution is 0.403. The molecule has 0 atom stereocenters. The van der Waals surface area contributed by atoms with E-state index in [0.717, 1.165) is 6.07 Å². The van der Waals surface area contributed by atoms with Gasteiger partial charge in [0.05, 0.1) is 5.39 Å². The summed E-state index contributed by atoms with van der Waals surface area (Å²) >= 11 is 0. The highest BCUT2D eigenvalue weighted by Crippen LogP contribution is 2.28. The van der Waals surface area contributed by atoms with Crippen molar-refractivity contribution in [1.82, 2.24) is 0 Å². The molecule has 1 aromatic heterocycles. The monoisotopic (exact) mass is 176 g/mol. The molecule has 0 saturated heterocycles. The van der Waals surface area contributed by atoms with Crippen LogP contribution in [0.25, 0.3) is 11.0 Å². The summed E-state index contributed by atoms with van der Waals surface area (Å²) in [6, 6.07) is 7.06. The Kier molecular flexibility index (Phi) is 1.40. The maximum atomic E-state index is 10.7. The highest BCUT2D eigenvalue weighted by Gasteiger charge is 2.03. The van der Waals surface area contributed by atoms with Crippen molar-refractivity contribution in [3.05, 3.63) is 34.7 Å². The van der Waals surface area contributed by atoms with Crippen molar-refractivity contribution in [1.29, 1.82) is 0 Å². The van der Waals surface area contributed by atoms with Crippen molar-refractivity contribution in [3.63, 3.8) is 0 Å². The van der Waals surface area contributed by atoms with Crippen molar-refractivity contribution in [2.75, 3.05) is 0 Å². The van der Waals surface area contributed by atoms with Crippen LogP contribution in [-0.2, 0) is 0 Å². The molecule has 0 amide bonds. The summed E-state index contributed by atoms with van der Waals surface area (Å²) in [5, 5.41) is 18.5. The zero-order valence-electron chi connectivity index (χ0n) is 6.37. The van der Waals surface area contributed by atoms with Crippen molar-refractivity contribution in [2.24, 2.45) is 0 Å². The molecule has 13 heavy (non-hydrogen) atoms. The van der Waals surface area contributed by atoms with Gasteiger partial charge in [-0.15, -0.1) is 0 Å². The van der Waals surface area contributed by atoms with E-state index in [1.807, 2.05) is 0 Å². The molecule has 1 aromatic carbocycles. The average molecular weight is 176 g/mol. The summed E-state index contributed by atoms with van der Waals surface area (Å²) in [6.07, 6.45) is 0. The van der Waals surface area contributed by atoms with Gasteiger partial charge in [-0.25, -0.2) is 4.79 Å². The molecule has 0 unspecified atom stereocenters. The fourth-order valence-corrected chi connectivity index (χ4v) is 0.984. The fourth-order valence-electron chi connectivity index (χ4n) is 0.984. The standard InChI is InChI=1S/C9H4O4/c10-6-3-5-1-2-9(12)13-8(5)4-7(6)11/h3-4,10-11H. The second-order valence-corrected chi connectivity index (χ2v) is 2.48. The molecule has 64 valence electrons. The number of phenols is 2. The van der Waals surface area contributed by atoms with Crippen molar-refractivity contribution in [3.8, 4) is 11.5 Å². The van der Waals surface area contributed by atoms with Crippen LogP contribution in [0, 0.1) is 12.1 Å². The lowest BCUT2D eigenvalue weighted by atomic mass is 10.2. The van der Waals surface area contributed by atoms with E-state index < -0.39 is 5.63 Å². The van der Waals surface area contributed by atoms with Crippen LogP contribution in [0.4, 0.5) is 0 Å². The van der Waals surface area contributed by atoms with Crippen LogP contribution in [0.3, 0.4) is 0 Å². The minimum Gasteiger partial charge on any atom is -0.504 e. The van der Waals surface area contributed by atoms with E-state index >= 15 is 0 Å². The Labute approximate surface area is 72.7 Å². The smallest absolute Gasteiger partial charge is 0.390 e. The SMILES string of the molecule is O=c1c#cc2cc(O)c(O)cc2o1. The Bertz CT molecular complexity index is 512. The van der Waals surface area contributed by atoms with Gasteiger partial charge in [-0.2, -0.15) is 0 Å². The van der Waals surface area contributed by atoms with E-state index in [0.29, 0.717) is 5.39 Å². The Morgan fingerprint density at radius 3 is 2.62 bits per heavy atom. The molecule has 4 heteroatoms. The van der Waals surface area contributed by atoms with Gasteiger partial charge in [0.15, 0.2) is 17.1 Å². The third kappa shape index (κ3) is 1.16. The molecule has 0 aliphatic carbocycles. The zero-order chi connectivity index (χ0) is 9.42. The number of benzene rings is 1. The fraction of sp³-hybridized carbons (Fsp3) is 0. The second kappa shape index (κ2) is 2.42. The number of phenolic OH excluding ortho intramolecular Hbond substituents is 2. The topological polar surface area (TPSA) is 70.7 Å². The van der Waals surface area contributed by atoms with E-state index in [9.17, 15) is 4.79 Å². The summed E-state index contributed by atoms with van der Waals surface area (Å²) in [6.45, 7) is 0. The first-order chi connectivity index (χ1) is 6.16. The van der Waals surface area contributed by atoms with Crippen LogP contribution in [0.2, 0.25) is 0 Å². The van der Waals surface area contributed by atoms with Crippen LogP contribution in [0.15, 0.2) is 21.3 Å². The van der Waals surface area contributed by atoms with Crippen LogP contribution < -0.4 is 5.63 Å². The first kappa shape index (κ1) is 7.50. The van der Waals surface area contributed by atoms with Gasteiger partial charge in [-0.3, -0.25) is 0 Å². The van der Waals surface area contributed by atoms with E-state index in [1.54, 1.807) is 0 Å². The summed E-state index contributed by atoms with van der Waals surface area (Å²) in [4.78, 5) is 10.7. The molecule has 2 N–H and O–H groups in total. The van der Waals surface area contributed by atoms with Gasteiger partial charge >= 0.3 is 5.63 Å². The highest BCUT2D eigenvalue weighted by atomic mass is 16.4. The van der Waals surface area contributed by atoms with E-state index in [2.05, 4.69) is 16.5 Å². The molecular formula is C9H4O4. The molecule has 2 aromatic rings. The van der Waals surface area contributed by atoms with Gasteiger partial charge in [0.2, 0.25) is 0 Å². The number of fused-ring (bicyclic) bond motifs is 1. The molecule has 0 aliphatic heterocycles. The Balaban J connectivity index is 2.89. The van der Waals surface area contributed by atoms with Crippen molar-refractivity contribution in [2.45, 2.75) is 0 Å². The summed E-state index contributed by atoms with van der Waals surface area (Å²) in [7, 11) is 0. The molecule has 0 saturated carbocycles. The lowest BCUT2D eigenvalue weighted by Gasteiger charge is -1.96. The Hall–Kier alpha value is -2.15. The Morgan fingerprint density at radius 1 is 1.15 bits per heavy atom. The van der Waals surface area contributed by atoms with Gasteiger partial charge in [-0.05, 0) is 0 Å². The van der Waals surface area contributed by atoms with Gasteiger partial charge in [-0.1, -0.05) is 6.07 Å². The number of rotatable bonds is 0. The second-order valence-electron chi connectivity index (χ2n) is 2.48. The quantitative estimate of drug-likeness (QED) is 0.582. The normalized spacial score (nSPS) is 9.85. The summed E-state index contributed by atoms with van der Waals surface area (Å²) in [5.41, 5.74) is -0.503. The maximum absolute atomic E-state index is 10.7. The van der Waals surface area contributed by atoms with E-state index in [-0.39, 0.29) is 17.1 Å². The van der Waals surface area contributed by atoms with Crippen LogP contribution in [0.1, 0.15) is 0 Å². The van der Waals surface area contributed by atoms with Crippen LogP contribution in [0.5, 0.6) is 11.5 Å². The van der Waals surface area contributed by atoms with Gasteiger partial charge in [0.25, 0.3) is 0 Å². The van der Waals surface area contributed by atoms with E-state index in [4.69, 9.17) is 10.2 Å². The molecule has 4 nitrogen and oxygen atoms in total. The third-order valence-electron chi connectivity index (χ3n) is 1.58. The molecule has 2 rings (SSSR count). The molecule has 1 heterocycles. The lowest BCUT2D eigenvalue weighted by Crippen LogP contribution is -1.91. The molecule has 0 fully saturated rings. The first-order valence-corrected chi connectivity index (χ1v) is 3.46. The van der Waals surface area contributed by atoms with Crippen molar-refractivity contribution >= 4 is 11.0 Å². The maximum Gasteiger partial charge on any atom is 0.390 e. The van der Waals surface area contributed by atoms with Crippen molar-refractivity contribution < 1.29 is 14.6 Å². The molecule has 0 spiro atoms. The average Bonchev–Trinajstić information content (AvgIpc) is 2.08. The Morgan fingerprint density at radius 2 is 1.85 bits per heavy atom. The predicted molar refractivity (Wildman–Crippen MR) is 43.5 cm³/mol. The minimum atomic E-state index is -0.669. The predicted octanol–water partition coefficient (Wildman–Crippen LogP) is 0.805. The van der Waals surface area contributed by atoms with E-state index in [1.165, 1.54) is 6.07 Å². The zero-order valence-corrected chi connectivity index (χ0v) is 6.37. The number of hydrogen-bond acceptors (Lipinski definition) is 4. The first-order valence-electron chi connectivity index (χ1n) is 3.46. The molecule has 0 radical (unpaired) electrons. The summed E-state index contributed by atoms with van der Waals surface area (Å²) < 4.78 is 4.68. The van der Waals surface area contributed by atoms with Gasteiger partial charge in [0, 0.05) is 18.2 Å². The van der Waals surface area contributed by atoms with Gasteiger partial charge in [0.1, 0.15) is 0 Å². The molecular weight excluding hydrogens is 172 g/mol. The number of hydrogen-bond donors (Lipinski definition) is 2.